The molecule has 1 aromatic carbocycles. The maximum atomic E-state index is 12.9. The van der Waals surface area contributed by atoms with Gasteiger partial charge in [0, 0.05) is 19.0 Å². The standard InChI is InChI=1S/C19H17F3N4O2/c1-11-2-4-14(19(20,21)22)9-13(11)8-12-3-6-16(24-10-12)26-17(27)7-5-15(25-26)18(23)28/h2-4,6,9-10H,5,7-8H2,1H3,(H2,23,28). The summed E-state index contributed by atoms with van der Waals surface area (Å²) in [4.78, 5) is 27.5. The Kier molecular flexibility index (Phi) is 5.17. The molecule has 0 aliphatic carbocycles. The van der Waals surface area contributed by atoms with Gasteiger partial charge in [0.2, 0.25) is 5.91 Å². The minimum atomic E-state index is -4.41. The number of benzene rings is 1. The van der Waals surface area contributed by atoms with E-state index in [1.54, 1.807) is 13.0 Å². The average molecular weight is 390 g/mol. The van der Waals surface area contributed by atoms with E-state index in [0.29, 0.717) is 11.1 Å². The summed E-state index contributed by atoms with van der Waals surface area (Å²) in [5, 5.41) is 4.95. The Morgan fingerprint density at radius 2 is 1.96 bits per heavy atom. The van der Waals surface area contributed by atoms with Gasteiger partial charge in [0.15, 0.2) is 5.82 Å². The van der Waals surface area contributed by atoms with Crippen LogP contribution in [0.25, 0.3) is 0 Å². The van der Waals surface area contributed by atoms with Gasteiger partial charge in [0.1, 0.15) is 5.71 Å². The predicted octanol–water partition coefficient (Wildman–Crippen LogP) is 2.97. The summed E-state index contributed by atoms with van der Waals surface area (Å²) in [6.07, 6.45) is -2.41. The molecule has 0 atom stereocenters. The van der Waals surface area contributed by atoms with Gasteiger partial charge in [0.25, 0.3) is 5.91 Å². The van der Waals surface area contributed by atoms with Crippen LogP contribution in [-0.4, -0.2) is 22.5 Å². The van der Waals surface area contributed by atoms with E-state index < -0.39 is 17.6 Å². The summed E-state index contributed by atoms with van der Waals surface area (Å²) in [7, 11) is 0. The van der Waals surface area contributed by atoms with Crippen molar-refractivity contribution in [2.75, 3.05) is 5.01 Å². The van der Waals surface area contributed by atoms with Crippen molar-refractivity contribution in [3.8, 4) is 0 Å². The van der Waals surface area contributed by atoms with Crippen molar-refractivity contribution in [1.82, 2.24) is 4.98 Å². The Hall–Kier alpha value is -3.23. The van der Waals surface area contributed by atoms with Crippen LogP contribution in [0.2, 0.25) is 0 Å². The third-order valence-corrected chi connectivity index (χ3v) is 4.41. The van der Waals surface area contributed by atoms with Gasteiger partial charge in [-0.25, -0.2) is 4.98 Å². The Morgan fingerprint density at radius 3 is 2.57 bits per heavy atom. The highest BCUT2D eigenvalue weighted by atomic mass is 19.4. The van der Waals surface area contributed by atoms with E-state index in [0.717, 1.165) is 22.7 Å². The SMILES string of the molecule is Cc1ccc(C(F)(F)F)cc1Cc1ccc(N2N=C(C(N)=O)CCC2=O)nc1. The molecule has 0 saturated carbocycles. The lowest BCUT2D eigenvalue weighted by atomic mass is 9.99. The van der Waals surface area contributed by atoms with E-state index in [2.05, 4.69) is 10.1 Å². The molecule has 146 valence electrons. The fourth-order valence-electron chi connectivity index (χ4n) is 2.81. The minimum absolute atomic E-state index is 0.0880. The van der Waals surface area contributed by atoms with Crippen molar-refractivity contribution in [3.05, 3.63) is 58.8 Å². The number of amides is 2. The number of hydrogen-bond donors (Lipinski definition) is 1. The first kappa shape index (κ1) is 19.5. The van der Waals surface area contributed by atoms with E-state index in [9.17, 15) is 22.8 Å². The normalized spacial score (nSPS) is 14.8. The van der Waals surface area contributed by atoms with Gasteiger partial charge >= 0.3 is 6.18 Å². The number of rotatable bonds is 4. The molecule has 0 saturated heterocycles. The molecule has 3 rings (SSSR count). The zero-order valence-electron chi connectivity index (χ0n) is 15.0. The van der Waals surface area contributed by atoms with Crippen LogP contribution in [0.15, 0.2) is 41.6 Å². The summed E-state index contributed by atoms with van der Waals surface area (Å²) >= 11 is 0. The summed E-state index contributed by atoms with van der Waals surface area (Å²) in [5.41, 5.74) is 6.54. The Labute approximate surface area is 158 Å². The maximum Gasteiger partial charge on any atom is 0.416 e. The highest BCUT2D eigenvalue weighted by Crippen LogP contribution is 2.31. The van der Waals surface area contributed by atoms with Gasteiger partial charge in [-0.2, -0.15) is 23.3 Å². The number of primary amides is 1. The molecule has 2 amide bonds. The maximum absolute atomic E-state index is 12.9. The Morgan fingerprint density at radius 1 is 1.21 bits per heavy atom. The smallest absolute Gasteiger partial charge is 0.364 e. The van der Waals surface area contributed by atoms with Crippen LogP contribution < -0.4 is 10.7 Å². The van der Waals surface area contributed by atoms with E-state index in [-0.39, 0.29) is 36.7 Å². The minimum Gasteiger partial charge on any atom is -0.364 e. The number of alkyl halides is 3. The number of halogens is 3. The van der Waals surface area contributed by atoms with Crippen molar-refractivity contribution in [2.45, 2.75) is 32.4 Å². The van der Waals surface area contributed by atoms with Crippen LogP contribution in [-0.2, 0) is 22.2 Å². The first-order valence-electron chi connectivity index (χ1n) is 8.47. The van der Waals surface area contributed by atoms with Gasteiger partial charge in [-0.15, -0.1) is 0 Å². The molecule has 9 heteroatoms. The lowest BCUT2D eigenvalue weighted by Crippen LogP contribution is -2.37. The molecule has 1 aromatic heterocycles. The quantitative estimate of drug-likeness (QED) is 0.871. The van der Waals surface area contributed by atoms with Gasteiger partial charge < -0.3 is 5.73 Å². The molecule has 1 aliphatic heterocycles. The molecule has 1 aliphatic rings. The van der Waals surface area contributed by atoms with Crippen LogP contribution in [0.5, 0.6) is 0 Å². The zero-order valence-corrected chi connectivity index (χ0v) is 15.0. The number of nitrogens with two attached hydrogens (primary N) is 1. The summed E-state index contributed by atoms with van der Waals surface area (Å²) in [6, 6.07) is 6.80. The number of hydrazone groups is 1. The third kappa shape index (κ3) is 4.19. The fourth-order valence-corrected chi connectivity index (χ4v) is 2.81. The van der Waals surface area contributed by atoms with Gasteiger partial charge in [-0.3, -0.25) is 9.59 Å². The predicted molar refractivity (Wildman–Crippen MR) is 96.6 cm³/mol. The van der Waals surface area contributed by atoms with Crippen LogP contribution in [0.3, 0.4) is 0 Å². The molecular formula is C19H17F3N4O2. The van der Waals surface area contributed by atoms with Gasteiger partial charge in [-0.1, -0.05) is 12.1 Å². The molecule has 6 nitrogen and oxygen atoms in total. The molecular weight excluding hydrogens is 373 g/mol. The molecule has 0 unspecified atom stereocenters. The average Bonchev–Trinajstić information content (AvgIpc) is 2.63. The van der Waals surface area contributed by atoms with Crippen molar-refractivity contribution in [3.63, 3.8) is 0 Å². The van der Waals surface area contributed by atoms with Crippen LogP contribution in [0, 0.1) is 6.92 Å². The summed E-state index contributed by atoms with van der Waals surface area (Å²) in [5.74, 6) is -0.805. The molecule has 0 spiro atoms. The van der Waals surface area contributed by atoms with E-state index in [4.69, 9.17) is 5.73 Å². The molecule has 2 N–H and O–H groups in total. The third-order valence-electron chi connectivity index (χ3n) is 4.41. The molecule has 0 radical (unpaired) electrons. The molecule has 2 aromatic rings. The number of carbonyl (C=O) groups excluding carboxylic acids is 2. The number of aryl methyl sites for hydroxylation is 1. The topological polar surface area (TPSA) is 88.6 Å². The van der Waals surface area contributed by atoms with Crippen LogP contribution in [0.4, 0.5) is 19.0 Å². The summed E-state index contributed by atoms with van der Waals surface area (Å²) < 4.78 is 38.8. The number of carbonyl (C=O) groups is 2. The lowest BCUT2D eigenvalue weighted by molar-refractivity contribution is -0.137. The highest BCUT2D eigenvalue weighted by Gasteiger charge is 2.30. The monoisotopic (exact) mass is 390 g/mol. The molecule has 28 heavy (non-hydrogen) atoms. The first-order chi connectivity index (χ1) is 13.1. The largest absolute Gasteiger partial charge is 0.416 e. The van der Waals surface area contributed by atoms with Gasteiger partial charge in [0.05, 0.1) is 5.56 Å². The number of nitrogens with zero attached hydrogens (tertiary/aromatic N) is 3. The fraction of sp³-hybridized carbons (Fsp3) is 0.263. The van der Waals surface area contributed by atoms with E-state index in [1.165, 1.54) is 18.3 Å². The van der Waals surface area contributed by atoms with Crippen molar-refractivity contribution in [2.24, 2.45) is 10.8 Å². The number of anilines is 1. The van der Waals surface area contributed by atoms with Crippen molar-refractivity contribution < 1.29 is 22.8 Å². The second-order valence-electron chi connectivity index (χ2n) is 6.46. The number of hydrogen-bond acceptors (Lipinski definition) is 4. The molecule has 2 heterocycles. The number of aromatic nitrogens is 1. The van der Waals surface area contributed by atoms with E-state index >= 15 is 0 Å². The number of pyridine rings is 1. The van der Waals surface area contributed by atoms with Crippen LogP contribution >= 0.6 is 0 Å². The molecule has 0 fully saturated rings. The van der Waals surface area contributed by atoms with Crippen molar-refractivity contribution >= 4 is 23.3 Å². The van der Waals surface area contributed by atoms with Crippen molar-refractivity contribution in [1.29, 1.82) is 0 Å². The van der Waals surface area contributed by atoms with Gasteiger partial charge in [-0.05, 0) is 48.2 Å². The lowest BCUT2D eigenvalue weighted by Gasteiger charge is -2.21. The van der Waals surface area contributed by atoms with Crippen LogP contribution in [0.1, 0.15) is 35.1 Å². The second kappa shape index (κ2) is 7.41. The second-order valence-corrected chi connectivity index (χ2v) is 6.46. The highest BCUT2D eigenvalue weighted by molar-refractivity contribution is 6.39. The Balaban J connectivity index is 1.83. The first-order valence-corrected chi connectivity index (χ1v) is 8.47. The zero-order chi connectivity index (χ0) is 20.5. The van der Waals surface area contributed by atoms with E-state index in [1.807, 2.05) is 0 Å². The Bertz CT molecular complexity index is 953. The molecule has 0 bridgehead atoms. The summed E-state index contributed by atoms with van der Waals surface area (Å²) in [6.45, 7) is 1.74.